The summed E-state index contributed by atoms with van der Waals surface area (Å²) >= 11 is 11.7. The van der Waals surface area contributed by atoms with Gasteiger partial charge >= 0.3 is 0 Å². The molecular formula is C13H10Cl2N2O2. The zero-order valence-corrected chi connectivity index (χ0v) is 11.3. The average Bonchev–Trinajstić information content (AvgIpc) is 2.39. The Bertz CT molecular complexity index is 590. The molecule has 2 rings (SSSR count). The highest BCUT2D eigenvalue weighted by Crippen LogP contribution is 2.19. The van der Waals surface area contributed by atoms with Crippen LogP contribution in [0.25, 0.3) is 0 Å². The number of carbonyl (C=O) groups excluding carboxylic acids is 1. The molecule has 2 aromatic rings. The third-order valence-electron chi connectivity index (χ3n) is 2.21. The lowest BCUT2D eigenvalue weighted by Crippen LogP contribution is -2.20. The minimum atomic E-state index is -0.324. The van der Waals surface area contributed by atoms with E-state index < -0.39 is 0 Å². The number of halogens is 2. The molecule has 0 aliphatic carbocycles. The molecule has 1 amide bonds. The van der Waals surface area contributed by atoms with E-state index in [0.717, 1.165) is 0 Å². The van der Waals surface area contributed by atoms with Gasteiger partial charge in [0, 0.05) is 11.2 Å². The van der Waals surface area contributed by atoms with Crippen molar-refractivity contribution in [2.75, 3.05) is 11.9 Å². The molecule has 0 bridgehead atoms. The molecule has 4 nitrogen and oxygen atoms in total. The molecule has 1 N–H and O–H groups in total. The number of hydrogen-bond donors (Lipinski definition) is 1. The van der Waals surface area contributed by atoms with E-state index in [0.29, 0.717) is 21.5 Å². The molecule has 0 atom stereocenters. The lowest BCUT2D eigenvalue weighted by Gasteiger charge is -2.08. The van der Waals surface area contributed by atoms with Crippen LogP contribution in [0.1, 0.15) is 0 Å². The van der Waals surface area contributed by atoms with E-state index in [-0.39, 0.29) is 12.5 Å². The maximum absolute atomic E-state index is 11.7. The van der Waals surface area contributed by atoms with Gasteiger partial charge in [-0.1, -0.05) is 29.3 Å². The van der Waals surface area contributed by atoms with Gasteiger partial charge in [0.15, 0.2) is 6.61 Å². The Labute approximate surface area is 120 Å². The van der Waals surface area contributed by atoms with Gasteiger partial charge in [-0.25, -0.2) is 0 Å². The lowest BCUT2D eigenvalue weighted by molar-refractivity contribution is -0.118. The van der Waals surface area contributed by atoms with Gasteiger partial charge in [-0.3, -0.25) is 9.78 Å². The quantitative estimate of drug-likeness (QED) is 0.941. The summed E-state index contributed by atoms with van der Waals surface area (Å²) in [6.45, 7) is -0.133. The van der Waals surface area contributed by atoms with Crippen molar-refractivity contribution in [1.82, 2.24) is 4.98 Å². The Kier molecular flexibility index (Phi) is 4.60. The molecule has 0 radical (unpaired) electrons. The highest BCUT2D eigenvalue weighted by Gasteiger charge is 2.06. The summed E-state index contributed by atoms with van der Waals surface area (Å²) in [7, 11) is 0. The molecule has 6 heteroatoms. The van der Waals surface area contributed by atoms with E-state index in [1.807, 2.05) is 0 Å². The summed E-state index contributed by atoms with van der Waals surface area (Å²) in [5.74, 6) is 0.204. The SMILES string of the molecule is O=C(COc1cccc(Cl)c1)Nc1cnccc1Cl. The second kappa shape index (κ2) is 6.41. The zero-order chi connectivity index (χ0) is 13.7. The standard InChI is InChI=1S/C13H10Cl2N2O2/c14-9-2-1-3-10(6-9)19-8-13(18)17-12-7-16-5-4-11(12)15/h1-7H,8H2,(H,17,18). The van der Waals surface area contributed by atoms with E-state index in [1.165, 1.54) is 6.20 Å². The Hall–Kier alpha value is -1.78. The molecule has 0 aliphatic rings. The second-order valence-electron chi connectivity index (χ2n) is 3.65. The molecule has 0 spiro atoms. The number of carbonyl (C=O) groups is 1. The van der Waals surface area contributed by atoms with Crippen molar-refractivity contribution in [3.63, 3.8) is 0 Å². The van der Waals surface area contributed by atoms with E-state index in [9.17, 15) is 4.79 Å². The van der Waals surface area contributed by atoms with E-state index in [2.05, 4.69) is 10.3 Å². The number of anilines is 1. The largest absolute Gasteiger partial charge is 0.484 e. The zero-order valence-electron chi connectivity index (χ0n) is 9.77. The molecule has 1 aromatic heterocycles. The maximum Gasteiger partial charge on any atom is 0.262 e. The first-order valence-corrected chi connectivity index (χ1v) is 6.18. The molecule has 0 saturated heterocycles. The Morgan fingerprint density at radius 1 is 1.32 bits per heavy atom. The predicted molar refractivity (Wildman–Crippen MR) is 74.8 cm³/mol. The molecule has 0 fully saturated rings. The molecular weight excluding hydrogens is 287 g/mol. The summed E-state index contributed by atoms with van der Waals surface area (Å²) in [5, 5.41) is 3.58. The number of rotatable bonds is 4. The Balaban J connectivity index is 1.90. The van der Waals surface area contributed by atoms with Crippen LogP contribution in [0.5, 0.6) is 5.75 Å². The number of ether oxygens (including phenoxy) is 1. The van der Waals surface area contributed by atoms with Crippen LogP contribution in [0.2, 0.25) is 10.0 Å². The van der Waals surface area contributed by atoms with Crippen molar-refractivity contribution in [2.24, 2.45) is 0 Å². The van der Waals surface area contributed by atoms with Crippen molar-refractivity contribution in [1.29, 1.82) is 0 Å². The van der Waals surface area contributed by atoms with Crippen LogP contribution in [0.4, 0.5) is 5.69 Å². The van der Waals surface area contributed by atoms with Crippen LogP contribution in [0, 0.1) is 0 Å². The van der Waals surface area contributed by atoms with Gasteiger partial charge in [0.2, 0.25) is 0 Å². The minimum absolute atomic E-state index is 0.133. The number of nitrogens with one attached hydrogen (secondary N) is 1. The van der Waals surface area contributed by atoms with E-state index in [4.69, 9.17) is 27.9 Å². The smallest absolute Gasteiger partial charge is 0.262 e. The van der Waals surface area contributed by atoms with Gasteiger partial charge in [0.05, 0.1) is 16.9 Å². The summed E-state index contributed by atoms with van der Waals surface area (Å²) in [6.07, 6.45) is 3.01. The number of aromatic nitrogens is 1. The van der Waals surface area contributed by atoms with Crippen molar-refractivity contribution < 1.29 is 9.53 Å². The van der Waals surface area contributed by atoms with E-state index in [1.54, 1.807) is 36.5 Å². The lowest BCUT2D eigenvalue weighted by atomic mass is 10.3. The van der Waals surface area contributed by atoms with Crippen LogP contribution in [0.3, 0.4) is 0 Å². The Morgan fingerprint density at radius 2 is 2.16 bits per heavy atom. The van der Waals surface area contributed by atoms with Gasteiger partial charge in [-0.05, 0) is 24.3 Å². The predicted octanol–water partition coefficient (Wildman–Crippen LogP) is 3.41. The monoisotopic (exact) mass is 296 g/mol. The third kappa shape index (κ3) is 4.12. The first kappa shape index (κ1) is 13.6. The molecule has 0 aliphatic heterocycles. The molecule has 19 heavy (non-hydrogen) atoms. The number of pyridine rings is 1. The third-order valence-corrected chi connectivity index (χ3v) is 2.77. The fourth-order valence-electron chi connectivity index (χ4n) is 1.36. The first-order chi connectivity index (χ1) is 9.15. The molecule has 1 aromatic carbocycles. The van der Waals surface area contributed by atoms with E-state index >= 15 is 0 Å². The van der Waals surface area contributed by atoms with Crippen molar-refractivity contribution in [3.8, 4) is 5.75 Å². The summed E-state index contributed by atoms with van der Waals surface area (Å²) in [5.41, 5.74) is 0.448. The summed E-state index contributed by atoms with van der Waals surface area (Å²) < 4.78 is 5.30. The minimum Gasteiger partial charge on any atom is -0.484 e. The Morgan fingerprint density at radius 3 is 2.89 bits per heavy atom. The number of hydrogen-bond acceptors (Lipinski definition) is 3. The number of amides is 1. The molecule has 98 valence electrons. The highest BCUT2D eigenvalue weighted by molar-refractivity contribution is 6.33. The number of benzene rings is 1. The normalized spacial score (nSPS) is 10.0. The first-order valence-electron chi connectivity index (χ1n) is 5.43. The maximum atomic E-state index is 11.7. The van der Waals surface area contributed by atoms with Crippen molar-refractivity contribution in [2.45, 2.75) is 0 Å². The topological polar surface area (TPSA) is 51.2 Å². The molecule has 1 heterocycles. The summed E-state index contributed by atoms with van der Waals surface area (Å²) in [6, 6.07) is 8.41. The van der Waals surface area contributed by atoms with Crippen molar-refractivity contribution in [3.05, 3.63) is 52.8 Å². The van der Waals surface area contributed by atoms with Crippen LogP contribution in [-0.4, -0.2) is 17.5 Å². The fraction of sp³-hybridized carbons (Fsp3) is 0.0769. The van der Waals surface area contributed by atoms with Gasteiger partial charge in [0.1, 0.15) is 5.75 Å². The summed E-state index contributed by atoms with van der Waals surface area (Å²) in [4.78, 5) is 15.5. The van der Waals surface area contributed by atoms with Gasteiger partial charge in [-0.15, -0.1) is 0 Å². The molecule has 0 unspecified atom stereocenters. The molecule has 0 saturated carbocycles. The van der Waals surface area contributed by atoms with Gasteiger partial charge in [0.25, 0.3) is 5.91 Å². The van der Waals surface area contributed by atoms with Crippen LogP contribution in [-0.2, 0) is 4.79 Å². The van der Waals surface area contributed by atoms with Gasteiger partial charge < -0.3 is 10.1 Å². The van der Waals surface area contributed by atoms with Crippen LogP contribution < -0.4 is 10.1 Å². The van der Waals surface area contributed by atoms with Crippen LogP contribution >= 0.6 is 23.2 Å². The average molecular weight is 297 g/mol. The fourth-order valence-corrected chi connectivity index (χ4v) is 1.69. The number of nitrogens with zero attached hydrogens (tertiary/aromatic N) is 1. The van der Waals surface area contributed by atoms with Crippen LogP contribution in [0.15, 0.2) is 42.7 Å². The van der Waals surface area contributed by atoms with Gasteiger partial charge in [-0.2, -0.15) is 0 Å². The van der Waals surface area contributed by atoms with Crippen molar-refractivity contribution >= 4 is 34.8 Å². The highest BCUT2D eigenvalue weighted by atomic mass is 35.5. The second-order valence-corrected chi connectivity index (χ2v) is 4.49.